The van der Waals surface area contributed by atoms with E-state index in [4.69, 9.17) is 4.74 Å². The average molecular weight is 454 g/mol. The van der Waals surface area contributed by atoms with Crippen molar-refractivity contribution in [3.05, 3.63) is 41.5 Å². The lowest BCUT2D eigenvalue weighted by Gasteiger charge is -2.19. The molecule has 0 aromatic heterocycles. The molecule has 3 rings (SSSR count). The summed E-state index contributed by atoms with van der Waals surface area (Å²) in [6, 6.07) is 6.24. The van der Waals surface area contributed by atoms with Crippen LogP contribution in [-0.2, 0) is 11.2 Å². The van der Waals surface area contributed by atoms with Crippen LogP contribution >= 0.6 is 0 Å². The molecule has 1 heterocycles. The molecule has 33 heavy (non-hydrogen) atoms. The van der Waals surface area contributed by atoms with Gasteiger partial charge in [-0.25, -0.2) is 0 Å². The molecule has 1 aromatic carbocycles. The molecule has 0 spiro atoms. The number of carbonyl (C=O) groups is 1. The van der Waals surface area contributed by atoms with Crippen LogP contribution in [0.25, 0.3) is 0 Å². The summed E-state index contributed by atoms with van der Waals surface area (Å²) in [6.07, 6.45) is 6.03. The lowest BCUT2D eigenvalue weighted by atomic mass is 9.86. The molecule has 2 N–H and O–H groups in total. The van der Waals surface area contributed by atoms with Crippen LogP contribution in [0.2, 0.25) is 0 Å². The van der Waals surface area contributed by atoms with Gasteiger partial charge in [0.05, 0.1) is 12.2 Å². The van der Waals surface area contributed by atoms with Crippen LogP contribution in [0.15, 0.2) is 30.4 Å². The third-order valence-electron chi connectivity index (χ3n) is 7.16. The first-order chi connectivity index (χ1) is 15.9. The van der Waals surface area contributed by atoms with Crippen molar-refractivity contribution < 1.29 is 19.7 Å². The van der Waals surface area contributed by atoms with Crippen LogP contribution < -0.4 is 4.74 Å². The lowest BCUT2D eigenvalue weighted by Crippen LogP contribution is -2.30. The minimum absolute atomic E-state index is 0.0424. The van der Waals surface area contributed by atoms with Crippen molar-refractivity contribution in [1.29, 1.82) is 0 Å². The number of carbonyl (C=O) groups excluding carboxylic acids is 1. The van der Waals surface area contributed by atoms with Gasteiger partial charge in [0, 0.05) is 49.8 Å². The van der Waals surface area contributed by atoms with Gasteiger partial charge in [0.2, 0.25) is 5.91 Å². The molecule has 1 amide bonds. The van der Waals surface area contributed by atoms with E-state index in [0.29, 0.717) is 19.3 Å². The zero-order valence-electron chi connectivity index (χ0n) is 20.5. The van der Waals surface area contributed by atoms with E-state index in [1.165, 1.54) is 0 Å². The van der Waals surface area contributed by atoms with Crippen molar-refractivity contribution >= 4 is 5.91 Å². The smallest absolute Gasteiger partial charge is 0.222 e. The minimum atomic E-state index is -0.589. The standard InChI is InChI=1S/C28H39NO4/c1-5-8-11-19(4)23(30)17-16-21-24(31)18-25-27(21)22-14-9-12-20(28(22)33-25)13-10-15-26(32)29(6-2)7-3/h9,12,14,16-17,19,21,23-25,27,30-31H,6-7,10-11,13,15,18H2,1-4H3/b17-16+/t19-,21+,23-,24-,25+,27+/m1/s1. The monoisotopic (exact) mass is 453 g/mol. The van der Waals surface area contributed by atoms with Crippen LogP contribution in [-0.4, -0.2) is 52.4 Å². The Hall–Kier alpha value is -2.29. The number of nitrogens with zero attached hydrogens (tertiary/aromatic N) is 1. The zero-order valence-corrected chi connectivity index (χ0v) is 20.5. The molecule has 180 valence electrons. The van der Waals surface area contributed by atoms with Gasteiger partial charge in [0.25, 0.3) is 0 Å². The van der Waals surface area contributed by atoms with E-state index in [1.54, 1.807) is 6.92 Å². The molecule has 6 atom stereocenters. The Bertz CT molecular complexity index is 895. The number of rotatable bonds is 10. The van der Waals surface area contributed by atoms with Crippen molar-refractivity contribution in [2.75, 3.05) is 13.1 Å². The molecule has 0 unspecified atom stereocenters. The largest absolute Gasteiger partial charge is 0.489 e. The Morgan fingerprint density at radius 3 is 2.79 bits per heavy atom. The van der Waals surface area contributed by atoms with Crippen molar-refractivity contribution in [1.82, 2.24) is 4.90 Å². The number of aliphatic hydroxyl groups is 2. The topological polar surface area (TPSA) is 70.0 Å². The highest BCUT2D eigenvalue weighted by atomic mass is 16.5. The summed E-state index contributed by atoms with van der Waals surface area (Å²) in [6.45, 7) is 9.31. The molecule has 1 aliphatic heterocycles. The zero-order chi connectivity index (χ0) is 24.0. The number of para-hydroxylation sites is 1. The molecule has 5 heteroatoms. The van der Waals surface area contributed by atoms with Crippen LogP contribution in [0, 0.1) is 23.7 Å². The number of hydrogen-bond acceptors (Lipinski definition) is 4. The van der Waals surface area contributed by atoms with Gasteiger partial charge in [-0.1, -0.05) is 37.3 Å². The summed E-state index contributed by atoms with van der Waals surface area (Å²) >= 11 is 0. The van der Waals surface area contributed by atoms with Crippen LogP contribution in [0.1, 0.15) is 70.4 Å². The quantitative estimate of drug-likeness (QED) is 0.414. The number of hydrogen-bond donors (Lipinski definition) is 2. The molecular weight excluding hydrogens is 414 g/mol. The molecule has 0 saturated heterocycles. The highest BCUT2D eigenvalue weighted by Gasteiger charge is 2.48. The van der Waals surface area contributed by atoms with E-state index in [9.17, 15) is 15.0 Å². The molecule has 5 nitrogen and oxygen atoms in total. The summed E-state index contributed by atoms with van der Waals surface area (Å²) in [7, 11) is 0. The summed E-state index contributed by atoms with van der Waals surface area (Å²) in [5, 5.41) is 21.2. The van der Waals surface area contributed by atoms with Crippen LogP contribution in [0.3, 0.4) is 0 Å². The molecule has 1 saturated carbocycles. The maximum Gasteiger partial charge on any atom is 0.222 e. The SMILES string of the molecule is CC#CC[C@@H](C)[C@H](O)/C=C/[C@@H]1[C@H]2c3cccc(CCCC(=O)N(CC)CC)c3O[C@H]2C[C@H]1O. The average Bonchev–Trinajstić information content (AvgIpc) is 3.31. The number of fused-ring (bicyclic) bond motifs is 3. The fourth-order valence-corrected chi connectivity index (χ4v) is 5.15. The van der Waals surface area contributed by atoms with E-state index < -0.39 is 12.2 Å². The summed E-state index contributed by atoms with van der Waals surface area (Å²) in [5.74, 6) is 7.07. The fourth-order valence-electron chi connectivity index (χ4n) is 5.15. The molecule has 0 bridgehead atoms. The normalized spacial score (nSPS) is 25.0. The van der Waals surface area contributed by atoms with Gasteiger partial charge in [-0.3, -0.25) is 4.79 Å². The second kappa shape index (κ2) is 11.7. The van der Waals surface area contributed by atoms with E-state index in [0.717, 1.165) is 42.8 Å². The Kier molecular flexibility index (Phi) is 9.00. The number of aryl methyl sites for hydroxylation is 1. The number of aliphatic hydroxyl groups excluding tert-OH is 2. The van der Waals surface area contributed by atoms with Crippen LogP contribution in [0.5, 0.6) is 5.75 Å². The van der Waals surface area contributed by atoms with Gasteiger partial charge in [-0.15, -0.1) is 11.8 Å². The first kappa shape index (κ1) is 25.3. The van der Waals surface area contributed by atoms with Crippen molar-refractivity contribution in [2.24, 2.45) is 11.8 Å². The minimum Gasteiger partial charge on any atom is -0.489 e. The number of benzene rings is 1. The maximum absolute atomic E-state index is 12.3. The van der Waals surface area contributed by atoms with Gasteiger partial charge in [-0.2, -0.15) is 0 Å². The molecule has 1 fully saturated rings. The van der Waals surface area contributed by atoms with Crippen molar-refractivity contribution in [2.45, 2.75) is 84.0 Å². The fraction of sp³-hybridized carbons (Fsp3) is 0.607. The van der Waals surface area contributed by atoms with Gasteiger partial charge in [0.1, 0.15) is 11.9 Å². The van der Waals surface area contributed by atoms with Gasteiger partial charge in [-0.05, 0) is 45.1 Å². The molecule has 0 radical (unpaired) electrons. The Labute approximate surface area is 198 Å². The second-order valence-corrected chi connectivity index (χ2v) is 9.30. The van der Waals surface area contributed by atoms with E-state index >= 15 is 0 Å². The Morgan fingerprint density at radius 1 is 1.33 bits per heavy atom. The Morgan fingerprint density at radius 2 is 2.09 bits per heavy atom. The summed E-state index contributed by atoms with van der Waals surface area (Å²) in [5.41, 5.74) is 2.27. The van der Waals surface area contributed by atoms with Crippen molar-refractivity contribution in [3.8, 4) is 17.6 Å². The third-order valence-corrected chi connectivity index (χ3v) is 7.16. The predicted molar refractivity (Wildman–Crippen MR) is 131 cm³/mol. The molecule has 1 aromatic rings. The van der Waals surface area contributed by atoms with E-state index in [-0.39, 0.29) is 29.8 Å². The lowest BCUT2D eigenvalue weighted by molar-refractivity contribution is -0.130. The molecule has 1 aliphatic carbocycles. The second-order valence-electron chi connectivity index (χ2n) is 9.30. The van der Waals surface area contributed by atoms with E-state index in [2.05, 4.69) is 30.0 Å². The molecular formula is C28H39NO4. The van der Waals surface area contributed by atoms with Gasteiger partial charge < -0.3 is 19.8 Å². The highest BCUT2D eigenvalue weighted by molar-refractivity contribution is 5.76. The Balaban J connectivity index is 1.69. The molecule has 2 aliphatic rings. The van der Waals surface area contributed by atoms with Gasteiger partial charge in [0.15, 0.2) is 0 Å². The third kappa shape index (κ3) is 5.80. The predicted octanol–water partition coefficient (Wildman–Crippen LogP) is 4.07. The maximum atomic E-state index is 12.3. The van der Waals surface area contributed by atoms with Gasteiger partial charge >= 0.3 is 0 Å². The van der Waals surface area contributed by atoms with Crippen molar-refractivity contribution in [3.63, 3.8) is 0 Å². The number of amides is 1. The first-order valence-corrected chi connectivity index (χ1v) is 12.4. The first-order valence-electron chi connectivity index (χ1n) is 12.4. The van der Waals surface area contributed by atoms with Crippen LogP contribution in [0.4, 0.5) is 0 Å². The summed E-state index contributed by atoms with van der Waals surface area (Å²) in [4.78, 5) is 14.2. The number of ether oxygens (including phenoxy) is 1. The van der Waals surface area contributed by atoms with E-state index in [1.807, 2.05) is 37.8 Å². The summed E-state index contributed by atoms with van der Waals surface area (Å²) < 4.78 is 6.35. The highest BCUT2D eigenvalue weighted by Crippen LogP contribution is 2.52.